The average molecular weight is 298 g/mol. The van der Waals surface area contributed by atoms with Gasteiger partial charge in [-0.25, -0.2) is 4.79 Å². The summed E-state index contributed by atoms with van der Waals surface area (Å²) in [5, 5.41) is 18.7. The van der Waals surface area contributed by atoms with E-state index in [0.717, 1.165) is 6.07 Å². The van der Waals surface area contributed by atoms with E-state index in [1.165, 1.54) is 17.7 Å². The number of carbonyl (C=O) groups is 1. The van der Waals surface area contributed by atoms with Crippen molar-refractivity contribution in [2.75, 3.05) is 13.7 Å². The zero-order valence-electron chi connectivity index (χ0n) is 10.6. The topological polar surface area (TPSA) is 88.8 Å². The molecule has 1 aromatic heterocycles. The van der Waals surface area contributed by atoms with Crippen molar-refractivity contribution in [3.8, 4) is 5.75 Å². The van der Waals surface area contributed by atoms with Crippen molar-refractivity contribution in [3.63, 3.8) is 0 Å². The Morgan fingerprint density at radius 2 is 2.15 bits per heavy atom. The number of pyridine rings is 1. The maximum atomic E-state index is 12.1. The molecular formula is C13H12ClNO5. The van der Waals surface area contributed by atoms with Gasteiger partial charge >= 0.3 is 5.97 Å². The summed E-state index contributed by atoms with van der Waals surface area (Å²) in [5.41, 5.74) is -0.466. The van der Waals surface area contributed by atoms with Crippen LogP contribution in [0.5, 0.6) is 5.75 Å². The third-order valence-corrected chi connectivity index (χ3v) is 3.24. The van der Waals surface area contributed by atoms with Crippen molar-refractivity contribution >= 4 is 28.5 Å². The molecule has 6 nitrogen and oxygen atoms in total. The largest absolute Gasteiger partial charge is 0.495 e. The zero-order valence-corrected chi connectivity index (χ0v) is 11.3. The average Bonchev–Trinajstić information content (AvgIpc) is 2.41. The van der Waals surface area contributed by atoms with E-state index in [0.29, 0.717) is 5.75 Å². The van der Waals surface area contributed by atoms with E-state index in [4.69, 9.17) is 21.4 Å². The van der Waals surface area contributed by atoms with E-state index in [2.05, 4.69) is 0 Å². The summed E-state index contributed by atoms with van der Waals surface area (Å²) in [6.07, 6.45) is 0. The second-order valence-corrected chi connectivity index (χ2v) is 4.45. The maximum absolute atomic E-state index is 12.1. The van der Waals surface area contributed by atoms with E-state index in [1.807, 2.05) is 0 Å². The Hall–Kier alpha value is -2.05. The van der Waals surface area contributed by atoms with Crippen LogP contribution in [0.1, 0.15) is 10.5 Å². The maximum Gasteiger partial charge on any atom is 0.352 e. The molecule has 0 bridgehead atoms. The first-order chi connectivity index (χ1) is 9.51. The molecule has 1 heterocycles. The monoisotopic (exact) mass is 297 g/mol. The lowest BCUT2D eigenvalue weighted by molar-refractivity contribution is 0.0683. The lowest BCUT2D eigenvalue weighted by Crippen LogP contribution is -2.20. The first-order valence-electron chi connectivity index (χ1n) is 5.75. The van der Waals surface area contributed by atoms with Crippen molar-refractivity contribution in [1.29, 1.82) is 0 Å². The number of aromatic carboxylic acids is 1. The van der Waals surface area contributed by atoms with Crippen molar-refractivity contribution in [3.05, 3.63) is 39.1 Å². The minimum Gasteiger partial charge on any atom is -0.495 e. The van der Waals surface area contributed by atoms with Gasteiger partial charge in [-0.05, 0) is 12.1 Å². The number of nitrogens with zero attached hydrogens (tertiary/aromatic N) is 1. The highest BCUT2D eigenvalue weighted by molar-refractivity contribution is 6.35. The standard InChI is InChI=1S/C13H12ClNO5/c1-20-10-3-2-7(14)11-9(17)6-8(13(18)19)15(4-5-16)12(10)11/h2-3,6,16H,4-5H2,1H3,(H,18,19). The SMILES string of the molecule is COc1ccc(Cl)c2c(=O)cc(C(=O)O)n(CCO)c12. The van der Waals surface area contributed by atoms with Crippen molar-refractivity contribution < 1.29 is 19.7 Å². The normalized spacial score (nSPS) is 10.8. The molecule has 0 aliphatic heterocycles. The Labute approximate surface area is 118 Å². The molecule has 7 heteroatoms. The highest BCUT2D eigenvalue weighted by Gasteiger charge is 2.19. The fraction of sp³-hybridized carbons (Fsp3) is 0.231. The number of rotatable bonds is 4. The number of methoxy groups -OCH3 is 1. The molecule has 1 aromatic carbocycles. The first kappa shape index (κ1) is 14.4. The van der Waals surface area contributed by atoms with E-state index >= 15 is 0 Å². The summed E-state index contributed by atoms with van der Waals surface area (Å²) < 4.78 is 6.48. The molecule has 2 rings (SSSR count). The summed E-state index contributed by atoms with van der Waals surface area (Å²) in [7, 11) is 1.41. The molecule has 2 aromatic rings. The number of aliphatic hydroxyl groups excluding tert-OH is 1. The van der Waals surface area contributed by atoms with Crippen molar-refractivity contribution in [2.24, 2.45) is 0 Å². The number of hydrogen-bond donors (Lipinski definition) is 2. The van der Waals surface area contributed by atoms with Gasteiger partial charge in [0.25, 0.3) is 0 Å². The number of carboxylic acids is 1. The Balaban J connectivity index is 3.03. The van der Waals surface area contributed by atoms with Gasteiger partial charge in [0.1, 0.15) is 11.4 Å². The third kappa shape index (κ3) is 2.23. The number of ether oxygens (including phenoxy) is 1. The molecule has 106 valence electrons. The molecule has 0 fully saturated rings. The van der Waals surface area contributed by atoms with Crippen LogP contribution in [0.4, 0.5) is 0 Å². The molecule has 0 atom stereocenters. The first-order valence-corrected chi connectivity index (χ1v) is 6.13. The number of benzene rings is 1. The van der Waals surface area contributed by atoms with E-state index in [-0.39, 0.29) is 34.8 Å². The van der Waals surface area contributed by atoms with Crippen LogP contribution < -0.4 is 10.2 Å². The van der Waals surface area contributed by atoms with Gasteiger partial charge in [-0.2, -0.15) is 0 Å². The van der Waals surface area contributed by atoms with Crippen LogP contribution in [0.2, 0.25) is 5.02 Å². The van der Waals surface area contributed by atoms with Gasteiger partial charge in [0.15, 0.2) is 5.43 Å². The van der Waals surface area contributed by atoms with Crippen LogP contribution in [-0.4, -0.2) is 34.5 Å². The fourth-order valence-electron chi connectivity index (χ4n) is 2.12. The molecule has 0 aliphatic rings. The van der Waals surface area contributed by atoms with Gasteiger partial charge in [0, 0.05) is 12.6 Å². The number of fused-ring (bicyclic) bond motifs is 1. The molecule has 0 unspecified atom stereocenters. The van der Waals surface area contributed by atoms with Crippen LogP contribution in [-0.2, 0) is 6.54 Å². The molecule has 0 saturated heterocycles. The summed E-state index contributed by atoms with van der Waals surface area (Å²) in [6, 6.07) is 4.04. The lowest BCUT2D eigenvalue weighted by atomic mass is 10.1. The quantitative estimate of drug-likeness (QED) is 0.889. The lowest BCUT2D eigenvalue weighted by Gasteiger charge is -2.16. The van der Waals surface area contributed by atoms with Gasteiger partial charge in [0.05, 0.1) is 29.6 Å². The van der Waals surface area contributed by atoms with E-state index in [9.17, 15) is 14.7 Å². The Bertz CT molecular complexity index is 738. The molecule has 0 amide bonds. The second-order valence-electron chi connectivity index (χ2n) is 4.05. The number of hydrogen-bond acceptors (Lipinski definition) is 4. The molecule has 0 aliphatic carbocycles. The number of aromatic nitrogens is 1. The van der Waals surface area contributed by atoms with E-state index < -0.39 is 11.4 Å². The Morgan fingerprint density at radius 1 is 1.45 bits per heavy atom. The van der Waals surface area contributed by atoms with Crippen LogP contribution in [0.25, 0.3) is 10.9 Å². The molecule has 0 saturated carbocycles. The predicted molar refractivity (Wildman–Crippen MR) is 73.8 cm³/mol. The van der Waals surface area contributed by atoms with Crippen LogP contribution in [0.15, 0.2) is 23.0 Å². The van der Waals surface area contributed by atoms with E-state index in [1.54, 1.807) is 6.07 Å². The van der Waals surface area contributed by atoms with Gasteiger partial charge < -0.3 is 19.5 Å². The van der Waals surface area contributed by atoms with Crippen molar-refractivity contribution in [2.45, 2.75) is 6.54 Å². The smallest absolute Gasteiger partial charge is 0.352 e. The predicted octanol–water partition coefficient (Wildman–Crippen LogP) is 1.35. The van der Waals surface area contributed by atoms with Gasteiger partial charge in [-0.1, -0.05) is 11.6 Å². The minimum absolute atomic E-state index is 0.00904. The molecule has 0 radical (unpaired) electrons. The molecular weight excluding hydrogens is 286 g/mol. The third-order valence-electron chi connectivity index (χ3n) is 2.93. The molecule has 20 heavy (non-hydrogen) atoms. The van der Waals surface area contributed by atoms with Crippen LogP contribution >= 0.6 is 11.6 Å². The van der Waals surface area contributed by atoms with Gasteiger partial charge in [0.2, 0.25) is 0 Å². The summed E-state index contributed by atoms with van der Waals surface area (Å²) in [4.78, 5) is 23.3. The summed E-state index contributed by atoms with van der Waals surface area (Å²) in [5.74, 6) is -0.947. The van der Waals surface area contributed by atoms with Crippen molar-refractivity contribution in [1.82, 2.24) is 4.57 Å². The number of carboxylic acid groups (broad SMARTS) is 1. The van der Waals surface area contributed by atoms with Crippen LogP contribution in [0.3, 0.4) is 0 Å². The Kier molecular flexibility index (Phi) is 3.96. The molecule has 2 N–H and O–H groups in total. The highest BCUT2D eigenvalue weighted by Crippen LogP contribution is 2.30. The minimum atomic E-state index is -1.26. The highest BCUT2D eigenvalue weighted by atomic mass is 35.5. The van der Waals surface area contributed by atoms with Gasteiger partial charge in [-0.15, -0.1) is 0 Å². The summed E-state index contributed by atoms with van der Waals surface area (Å²) in [6.45, 7) is -0.275. The van der Waals surface area contributed by atoms with Gasteiger partial charge in [-0.3, -0.25) is 4.79 Å². The zero-order chi connectivity index (χ0) is 14.9. The second kappa shape index (κ2) is 5.52. The Morgan fingerprint density at radius 3 is 2.70 bits per heavy atom. The summed E-state index contributed by atoms with van der Waals surface area (Å²) >= 11 is 6.02. The molecule has 0 spiro atoms. The number of aliphatic hydroxyl groups is 1. The fourth-order valence-corrected chi connectivity index (χ4v) is 2.36. The van der Waals surface area contributed by atoms with Crippen LogP contribution in [0, 0.1) is 0 Å². The number of halogens is 1.